The zero-order chi connectivity index (χ0) is 14.9. The fraction of sp³-hybridized carbons (Fsp3) is 0.0769. The van der Waals surface area contributed by atoms with Crippen molar-refractivity contribution in [1.29, 1.82) is 0 Å². The van der Waals surface area contributed by atoms with Gasteiger partial charge in [0.2, 0.25) is 0 Å². The summed E-state index contributed by atoms with van der Waals surface area (Å²) in [6.07, 6.45) is 0. The Hall–Kier alpha value is -1.36. The molecule has 0 aliphatic heterocycles. The van der Waals surface area contributed by atoms with Gasteiger partial charge >= 0.3 is 0 Å². The van der Waals surface area contributed by atoms with Crippen LogP contribution >= 0.6 is 34.8 Å². The van der Waals surface area contributed by atoms with Crippen molar-refractivity contribution in [3.05, 3.63) is 74.5 Å². The van der Waals surface area contributed by atoms with Crippen LogP contribution in [0, 0.1) is 15.9 Å². The van der Waals surface area contributed by atoms with Gasteiger partial charge in [-0.05, 0) is 29.8 Å². The Labute approximate surface area is 129 Å². The summed E-state index contributed by atoms with van der Waals surface area (Å²) in [5.74, 6) is -0.537. The van der Waals surface area contributed by atoms with E-state index in [2.05, 4.69) is 0 Å². The highest BCUT2D eigenvalue weighted by molar-refractivity contribution is 6.50. The first-order valence-electron chi connectivity index (χ1n) is 5.40. The molecule has 0 unspecified atom stereocenters. The number of rotatable bonds is 3. The number of hydrogen-bond acceptors (Lipinski definition) is 2. The number of benzene rings is 2. The predicted molar refractivity (Wildman–Crippen MR) is 77.0 cm³/mol. The highest BCUT2D eigenvalue weighted by Crippen LogP contribution is 2.45. The van der Waals surface area contributed by atoms with Gasteiger partial charge in [0.1, 0.15) is 5.82 Å². The zero-order valence-corrected chi connectivity index (χ0v) is 12.1. The molecule has 0 aliphatic rings. The minimum atomic E-state index is -1.75. The van der Waals surface area contributed by atoms with Crippen LogP contribution < -0.4 is 0 Å². The van der Waals surface area contributed by atoms with Gasteiger partial charge < -0.3 is 0 Å². The third-order valence-electron chi connectivity index (χ3n) is 2.68. The Bertz CT molecular complexity index is 676. The van der Waals surface area contributed by atoms with Gasteiger partial charge in [0.05, 0.1) is 10.5 Å². The minimum absolute atomic E-state index is 0.0285. The van der Waals surface area contributed by atoms with Crippen molar-refractivity contribution in [3.8, 4) is 0 Å². The van der Waals surface area contributed by atoms with Crippen molar-refractivity contribution in [2.24, 2.45) is 0 Å². The van der Waals surface area contributed by atoms with E-state index in [1.807, 2.05) is 0 Å². The molecule has 0 radical (unpaired) electrons. The van der Waals surface area contributed by atoms with E-state index in [0.717, 1.165) is 12.1 Å². The second kappa shape index (κ2) is 5.56. The van der Waals surface area contributed by atoms with Crippen LogP contribution in [-0.2, 0) is 4.33 Å². The van der Waals surface area contributed by atoms with Crippen LogP contribution in [0.15, 0.2) is 42.5 Å². The van der Waals surface area contributed by atoms with Crippen molar-refractivity contribution in [3.63, 3.8) is 0 Å². The molecule has 0 heterocycles. The van der Waals surface area contributed by atoms with Gasteiger partial charge in [-0.15, -0.1) is 0 Å². The van der Waals surface area contributed by atoms with Gasteiger partial charge in [-0.2, -0.15) is 0 Å². The van der Waals surface area contributed by atoms with Crippen molar-refractivity contribution in [2.45, 2.75) is 4.33 Å². The summed E-state index contributed by atoms with van der Waals surface area (Å²) in [6, 6.07) is 9.19. The van der Waals surface area contributed by atoms with Gasteiger partial charge in [0.25, 0.3) is 5.69 Å². The Morgan fingerprint density at radius 3 is 2.45 bits per heavy atom. The monoisotopic (exact) mass is 333 g/mol. The number of halogens is 4. The maximum atomic E-state index is 13.3. The van der Waals surface area contributed by atoms with Crippen LogP contribution in [0.2, 0.25) is 5.02 Å². The van der Waals surface area contributed by atoms with Crippen LogP contribution in [0.1, 0.15) is 11.1 Å². The largest absolute Gasteiger partial charge is 0.277 e. The Balaban J connectivity index is 2.62. The van der Waals surface area contributed by atoms with Crippen molar-refractivity contribution >= 4 is 40.5 Å². The van der Waals surface area contributed by atoms with E-state index in [-0.39, 0.29) is 21.8 Å². The van der Waals surface area contributed by atoms with Crippen LogP contribution in [0.25, 0.3) is 0 Å². The van der Waals surface area contributed by atoms with Crippen molar-refractivity contribution in [1.82, 2.24) is 0 Å². The molecule has 0 saturated heterocycles. The summed E-state index contributed by atoms with van der Waals surface area (Å²) in [6.45, 7) is 0. The van der Waals surface area contributed by atoms with Crippen LogP contribution in [0.3, 0.4) is 0 Å². The molecule has 20 heavy (non-hydrogen) atoms. The lowest BCUT2D eigenvalue weighted by Crippen LogP contribution is -2.15. The normalized spacial score (nSPS) is 11.4. The van der Waals surface area contributed by atoms with Crippen molar-refractivity contribution < 1.29 is 9.31 Å². The van der Waals surface area contributed by atoms with Gasteiger partial charge in [-0.25, -0.2) is 4.39 Å². The van der Waals surface area contributed by atoms with E-state index >= 15 is 0 Å². The van der Waals surface area contributed by atoms with E-state index in [9.17, 15) is 14.5 Å². The van der Waals surface area contributed by atoms with Crippen LogP contribution in [0.5, 0.6) is 0 Å². The SMILES string of the molecule is O=[N+]([O-])c1cc(Cl)ccc1C(Cl)(Cl)c1cccc(F)c1. The Kier molecular flexibility index (Phi) is 4.18. The van der Waals surface area contributed by atoms with Crippen LogP contribution in [0.4, 0.5) is 10.1 Å². The molecule has 0 atom stereocenters. The summed E-state index contributed by atoms with van der Waals surface area (Å²) in [5.41, 5.74) is -0.0983. The lowest BCUT2D eigenvalue weighted by Gasteiger charge is -2.20. The molecule has 2 rings (SSSR count). The molecule has 0 spiro atoms. The average molecular weight is 335 g/mol. The molecule has 7 heteroatoms. The van der Waals surface area contributed by atoms with Gasteiger partial charge in [-0.1, -0.05) is 46.9 Å². The third kappa shape index (κ3) is 2.87. The first-order valence-corrected chi connectivity index (χ1v) is 6.54. The van der Waals surface area contributed by atoms with E-state index in [1.54, 1.807) is 0 Å². The van der Waals surface area contributed by atoms with Gasteiger partial charge in [-0.3, -0.25) is 10.1 Å². The highest BCUT2D eigenvalue weighted by atomic mass is 35.5. The van der Waals surface area contributed by atoms with Crippen molar-refractivity contribution in [2.75, 3.05) is 0 Å². The van der Waals surface area contributed by atoms with E-state index < -0.39 is 15.1 Å². The molecule has 2 aromatic rings. The number of nitro groups is 1. The second-order valence-corrected chi connectivity index (χ2v) is 5.77. The summed E-state index contributed by atoms with van der Waals surface area (Å²) in [4.78, 5) is 10.4. The summed E-state index contributed by atoms with van der Waals surface area (Å²) in [5, 5.41) is 11.3. The standard InChI is InChI=1S/C13H7Cl3FNO2/c14-9-4-5-11(12(7-9)18(19)20)13(15,16)8-2-1-3-10(17)6-8/h1-7H. The fourth-order valence-electron chi connectivity index (χ4n) is 1.76. The second-order valence-electron chi connectivity index (χ2n) is 4.00. The molecule has 0 aliphatic carbocycles. The molecule has 3 nitrogen and oxygen atoms in total. The molecule has 2 aromatic carbocycles. The zero-order valence-electron chi connectivity index (χ0n) is 9.82. The van der Waals surface area contributed by atoms with Gasteiger partial charge in [0.15, 0.2) is 4.33 Å². The molecule has 0 fully saturated rings. The van der Waals surface area contributed by atoms with E-state index in [0.29, 0.717) is 0 Å². The fourth-order valence-corrected chi connectivity index (χ4v) is 2.48. The number of nitrogens with zero attached hydrogens (tertiary/aromatic N) is 1. The average Bonchev–Trinajstić information content (AvgIpc) is 2.38. The minimum Gasteiger partial charge on any atom is -0.258 e. The Morgan fingerprint density at radius 1 is 1.15 bits per heavy atom. The smallest absolute Gasteiger partial charge is 0.258 e. The molecular weight excluding hydrogens is 328 g/mol. The number of hydrogen-bond donors (Lipinski definition) is 0. The van der Waals surface area contributed by atoms with Crippen LogP contribution in [-0.4, -0.2) is 4.92 Å². The molecule has 0 aromatic heterocycles. The van der Waals surface area contributed by atoms with E-state index in [1.165, 1.54) is 30.3 Å². The topological polar surface area (TPSA) is 43.1 Å². The first-order chi connectivity index (χ1) is 9.32. The number of alkyl halides is 2. The maximum Gasteiger partial charge on any atom is 0.277 e. The predicted octanol–water partition coefficient (Wildman–Crippen LogP) is 5.07. The maximum absolute atomic E-state index is 13.3. The quantitative estimate of drug-likeness (QED) is 0.447. The van der Waals surface area contributed by atoms with E-state index in [4.69, 9.17) is 34.8 Å². The number of nitro benzene ring substituents is 1. The first kappa shape index (κ1) is 15.0. The highest BCUT2D eigenvalue weighted by Gasteiger charge is 2.36. The lowest BCUT2D eigenvalue weighted by molar-refractivity contribution is -0.385. The lowest BCUT2D eigenvalue weighted by atomic mass is 10.0. The van der Waals surface area contributed by atoms with Gasteiger partial charge in [0, 0.05) is 11.1 Å². The third-order valence-corrected chi connectivity index (χ3v) is 3.76. The Morgan fingerprint density at radius 2 is 1.85 bits per heavy atom. The molecule has 104 valence electrons. The summed E-state index contributed by atoms with van der Waals surface area (Å²) in [7, 11) is 0. The molecule has 0 N–H and O–H groups in total. The molecule has 0 bridgehead atoms. The summed E-state index contributed by atoms with van der Waals surface area (Å²) < 4.78 is 11.5. The molecular formula is C13H7Cl3FNO2. The molecule has 0 amide bonds. The molecule has 0 saturated carbocycles. The summed E-state index contributed by atoms with van der Waals surface area (Å²) >= 11 is 18.2.